The van der Waals surface area contributed by atoms with Crippen LogP contribution in [0.25, 0.3) is 0 Å². The molecule has 0 heterocycles. The third kappa shape index (κ3) is 2.20. The molecule has 3 heteroatoms. The van der Waals surface area contributed by atoms with Gasteiger partial charge < -0.3 is 0 Å². The molecule has 0 atom stereocenters. The highest BCUT2D eigenvalue weighted by atomic mass is 16.2. The van der Waals surface area contributed by atoms with Gasteiger partial charge >= 0.3 is 0 Å². The van der Waals surface area contributed by atoms with Gasteiger partial charge in [-0.3, -0.25) is 14.5 Å². The Morgan fingerprint density at radius 1 is 1.08 bits per heavy atom. The number of amides is 2. The van der Waals surface area contributed by atoms with Crippen LogP contribution < -0.4 is 0 Å². The van der Waals surface area contributed by atoms with Crippen LogP contribution in [-0.4, -0.2) is 17.7 Å². The van der Waals surface area contributed by atoms with E-state index in [1.54, 1.807) is 0 Å². The average molecular weight is 163 g/mol. The zero-order valence-corrected chi connectivity index (χ0v) is 6.51. The molecular formula is C9H9NO2. The monoisotopic (exact) mass is 163 g/mol. The molecule has 0 aliphatic heterocycles. The van der Waals surface area contributed by atoms with Crippen LogP contribution in [0.1, 0.15) is 5.56 Å². The molecule has 3 nitrogen and oxygen atoms in total. The summed E-state index contributed by atoms with van der Waals surface area (Å²) in [7, 11) is 0. The molecule has 0 N–H and O–H groups in total. The Morgan fingerprint density at radius 3 is 2.17 bits per heavy atom. The van der Waals surface area contributed by atoms with Gasteiger partial charge in [0.15, 0.2) is 0 Å². The van der Waals surface area contributed by atoms with Crippen LogP contribution in [0.3, 0.4) is 0 Å². The molecule has 0 aromatic heterocycles. The number of hydrogen-bond acceptors (Lipinski definition) is 2. The number of hydrogen-bond donors (Lipinski definition) is 0. The molecule has 0 aliphatic rings. The maximum atomic E-state index is 10.2. The van der Waals surface area contributed by atoms with Gasteiger partial charge in [-0.2, -0.15) is 0 Å². The molecule has 0 fully saturated rings. The van der Waals surface area contributed by atoms with Crippen LogP contribution >= 0.6 is 0 Å². The van der Waals surface area contributed by atoms with E-state index in [9.17, 15) is 9.59 Å². The lowest BCUT2D eigenvalue weighted by molar-refractivity contribution is -0.129. The number of benzene rings is 1. The molecule has 1 rings (SSSR count). The van der Waals surface area contributed by atoms with E-state index < -0.39 is 0 Å². The Labute approximate surface area is 70.6 Å². The topological polar surface area (TPSA) is 37.4 Å². The standard InChI is InChI=1S/C9H9NO2/c11-7-10(8-12)6-9-4-2-1-3-5-9/h1-5,7-8H,6H2. The summed E-state index contributed by atoms with van der Waals surface area (Å²) in [6, 6.07) is 9.34. The van der Waals surface area contributed by atoms with Crippen LogP contribution in [0.5, 0.6) is 0 Å². The quantitative estimate of drug-likeness (QED) is 0.616. The zero-order valence-electron chi connectivity index (χ0n) is 6.51. The number of carbonyl (C=O) groups is 2. The molecule has 0 saturated carbocycles. The van der Waals surface area contributed by atoms with Crippen LogP contribution in [0.15, 0.2) is 30.3 Å². The van der Waals surface area contributed by atoms with Gasteiger partial charge in [0.05, 0.1) is 6.54 Å². The molecule has 2 amide bonds. The van der Waals surface area contributed by atoms with E-state index in [0.29, 0.717) is 19.4 Å². The van der Waals surface area contributed by atoms with Crippen LogP contribution in [-0.2, 0) is 16.1 Å². The summed E-state index contributed by atoms with van der Waals surface area (Å²) in [6.45, 7) is 0.341. The Bertz CT molecular complexity index is 250. The summed E-state index contributed by atoms with van der Waals surface area (Å²) in [5, 5.41) is 0. The lowest BCUT2D eigenvalue weighted by Crippen LogP contribution is -2.18. The highest BCUT2D eigenvalue weighted by Gasteiger charge is 1.98. The molecule has 0 aliphatic carbocycles. The van der Waals surface area contributed by atoms with Crippen molar-refractivity contribution < 1.29 is 9.59 Å². The lowest BCUT2D eigenvalue weighted by Gasteiger charge is -2.07. The van der Waals surface area contributed by atoms with Crippen molar-refractivity contribution in [1.29, 1.82) is 0 Å². The van der Waals surface area contributed by atoms with Crippen molar-refractivity contribution >= 4 is 12.8 Å². The molecule has 0 saturated heterocycles. The van der Waals surface area contributed by atoms with E-state index in [1.807, 2.05) is 30.3 Å². The van der Waals surface area contributed by atoms with Gasteiger partial charge in [0.2, 0.25) is 12.8 Å². The van der Waals surface area contributed by atoms with Crippen LogP contribution in [0.4, 0.5) is 0 Å². The fourth-order valence-electron chi connectivity index (χ4n) is 0.894. The minimum absolute atomic E-state index is 0.341. The highest BCUT2D eigenvalue weighted by Crippen LogP contribution is 2.00. The second-order valence-electron chi connectivity index (χ2n) is 2.37. The van der Waals surface area contributed by atoms with E-state index in [4.69, 9.17) is 0 Å². The second-order valence-corrected chi connectivity index (χ2v) is 2.37. The number of imide groups is 1. The molecule has 1 aromatic rings. The number of nitrogens with zero attached hydrogens (tertiary/aromatic N) is 1. The Morgan fingerprint density at radius 2 is 1.67 bits per heavy atom. The summed E-state index contributed by atoms with van der Waals surface area (Å²) in [5.41, 5.74) is 0.941. The first-order valence-corrected chi connectivity index (χ1v) is 3.57. The molecule has 1 aromatic carbocycles. The SMILES string of the molecule is O=CN(C=O)Cc1ccccc1. The van der Waals surface area contributed by atoms with Crippen molar-refractivity contribution in [1.82, 2.24) is 4.90 Å². The summed E-state index contributed by atoms with van der Waals surface area (Å²) in [4.78, 5) is 21.5. The Balaban J connectivity index is 2.62. The minimum Gasteiger partial charge on any atom is -0.283 e. The van der Waals surface area contributed by atoms with Crippen molar-refractivity contribution in [2.75, 3.05) is 0 Å². The molecule has 12 heavy (non-hydrogen) atoms. The van der Waals surface area contributed by atoms with E-state index in [1.165, 1.54) is 0 Å². The van der Waals surface area contributed by atoms with E-state index in [2.05, 4.69) is 0 Å². The lowest BCUT2D eigenvalue weighted by atomic mass is 10.2. The maximum absolute atomic E-state index is 10.2. The minimum atomic E-state index is 0.341. The molecular weight excluding hydrogens is 154 g/mol. The Hall–Kier alpha value is -1.64. The summed E-state index contributed by atoms with van der Waals surface area (Å²) < 4.78 is 0. The van der Waals surface area contributed by atoms with Gasteiger partial charge in [-0.1, -0.05) is 30.3 Å². The van der Waals surface area contributed by atoms with Crippen molar-refractivity contribution in [3.63, 3.8) is 0 Å². The zero-order chi connectivity index (χ0) is 8.81. The molecule has 0 spiro atoms. The van der Waals surface area contributed by atoms with Crippen molar-refractivity contribution in [3.05, 3.63) is 35.9 Å². The van der Waals surface area contributed by atoms with E-state index in [-0.39, 0.29) is 0 Å². The van der Waals surface area contributed by atoms with Gasteiger partial charge in [-0.15, -0.1) is 0 Å². The van der Waals surface area contributed by atoms with Gasteiger partial charge in [-0.25, -0.2) is 0 Å². The predicted octanol–water partition coefficient (Wildman–Crippen LogP) is 0.801. The van der Waals surface area contributed by atoms with Gasteiger partial charge in [0.1, 0.15) is 0 Å². The fraction of sp³-hybridized carbons (Fsp3) is 0.111. The van der Waals surface area contributed by atoms with Crippen LogP contribution in [0.2, 0.25) is 0 Å². The smallest absolute Gasteiger partial charge is 0.216 e. The number of carbonyl (C=O) groups excluding carboxylic acids is 2. The Kier molecular flexibility index (Phi) is 3.02. The van der Waals surface area contributed by atoms with E-state index in [0.717, 1.165) is 10.5 Å². The molecule has 0 unspecified atom stereocenters. The van der Waals surface area contributed by atoms with Gasteiger partial charge in [-0.05, 0) is 5.56 Å². The highest BCUT2D eigenvalue weighted by molar-refractivity contribution is 5.68. The van der Waals surface area contributed by atoms with Crippen molar-refractivity contribution in [2.24, 2.45) is 0 Å². The summed E-state index contributed by atoms with van der Waals surface area (Å²) in [6.07, 6.45) is 1.03. The van der Waals surface area contributed by atoms with Gasteiger partial charge in [0, 0.05) is 0 Å². The molecule has 0 radical (unpaired) electrons. The first kappa shape index (κ1) is 8.46. The third-order valence-corrected chi connectivity index (χ3v) is 1.48. The second kappa shape index (κ2) is 4.28. The van der Waals surface area contributed by atoms with Gasteiger partial charge in [0.25, 0.3) is 0 Å². The van der Waals surface area contributed by atoms with Crippen molar-refractivity contribution in [3.8, 4) is 0 Å². The fourth-order valence-corrected chi connectivity index (χ4v) is 0.894. The first-order valence-electron chi connectivity index (χ1n) is 3.57. The van der Waals surface area contributed by atoms with Crippen LogP contribution in [0, 0.1) is 0 Å². The normalized spacial score (nSPS) is 9.00. The first-order chi connectivity index (χ1) is 5.86. The maximum Gasteiger partial charge on any atom is 0.216 e. The number of rotatable bonds is 4. The summed E-state index contributed by atoms with van der Waals surface area (Å²) in [5.74, 6) is 0. The van der Waals surface area contributed by atoms with E-state index >= 15 is 0 Å². The third-order valence-electron chi connectivity index (χ3n) is 1.48. The molecule has 0 bridgehead atoms. The summed E-state index contributed by atoms with van der Waals surface area (Å²) >= 11 is 0. The predicted molar refractivity (Wildman–Crippen MR) is 44.1 cm³/mol. The largest absolute Gasteiger partial charge is 0.283 e. The molecule has 62 valence electrons. The average Bonchev–Trinajstić information content (AvgIpc) is 2.16. The van der Waals surface area contributed by atoms with Crippen molar-refractivity contribution in [2.45, 2.75) is 6.54 Å².